The van der Waals surface area contributed by atoms with Crippen LogP contribution >= 0.6 is 0 Å². The molecule has 4 amide bonds. The lowest BCUT2D eigenvalue weighted by Gasteiger charge is -2.28. The van der Waals surface area contributed by atoms with Crippen LogP contribution in [0, 0.1) is 12.8 Å². The number of aryl methyl sites for hydroxylation is 1. The fourth-order valence-electron chi connectivity index (χ4n) is 5.29. The highest BCUT2D eigenvalue weighted by molar-refractivity contribution is 5.93. The van der Waals surface area contributed by atoms with E-state index in [4.69, 9.17) is 4.98 Å². The highest BCUT2D eigenvalue weighted by atomic mass is 16.2. The van der Waals surface area contributed by atoms with Gasteiger partial charge in [0.25, 0.3) is 0 Å². The number of hydrogen-bond acceptors (Lipinski definition) is 6. The van der Waals surface area contributed by atoms with Crippen LogP contribution in [0.5, 0.6) is 0 Å². The van der Waals surface area contributed by atoms with Crippen molar-refractivity contribution in [1.29, 1.82) is 0 Å². The van der Waals surface area contributed by atoms with Gasteiger partial charge in [-0.2, -0.15) is 5.10 Å². The predicted octanol–water partition coefficient (Wildman–Crippen LogP) is 3.56. The Labute approximate surface area is 258 Å². The first-order valence-corrected chi connectivity index (χ1v) is 15.4. The molecule has 3 N–H and O–H groups in total. The van der Waals surface area contributed by atoms with E-state index in [1.165, 1.54) is 0 Å². The molecule has 0 saturated heterocycles. The molecule has 1 aliphatic rings. The van der Waals surface area contributed by atoms with Gasteiger partial charge < -0.3 is 20.9 Å². The van der Waals surface area contributed by atoms with Crippen molar-refractivity contribution < 1.29 is 19.2 Å². The number of hydrogen-bond donors (Lipinski definition) is 3. The number of rotatable bonds is 8. The van der Waals surface area contributed by atoms with Gasteiger partial charge in [0.1, 0.15) is 17.7 Å². The average Bonchev–Trinajstić information content (AvgIpc) is 3.40. The van der Waals surface area contributed by atoms with Crippen molar-refractivity contribution in [2.75, 3.05) is 18.4 Å². The van der Waals surface area contributed by atoms with Crippen LogP contribution in [0.25, 0.3) is 0 Å². The van der Waals surface area contributed by atoms with E-state index in [-0.39, 0.29) is 48.8 Å². The lowest BCUT2D eigenvalue weighted by molar-refractivity contribution is -0.133. The van der Waals surface area contributed by atoms with Crippen LogP contribution in [0.15, 0.2) is 60.7 Å². The van der Waals surface area contributed by atoms with Gasteiger partial charge in [-0.15, -0.1) is 0 Å². The summed E-state index contributed by atoms with van der Waals surface area (Å²) in [5.41, 5.74) is 1.69. The number of benzene rings is 2. The van der Waals surface area contributed by atoms with E-state index in [0.717, 1.165) is 5.56 Å². The molecule has 11 nitrogen and oxygen atoms in total. The van der Waals surface area contributed by atoms with Crippen LogP contribution in [-0.4, -0.2) is 62.4 Å². The smallest absolute Gasteiger partial charge is 0.243 e. The van der Waals surface area contributed by atoms with Gasteiger partial charge >= 0.3 is 0 Å². The molecule has 0 saturated carbocycles. The standard InChI is InChI=1S/C33H43N7O4/c1-4-23(2)31-33(44)36-27(22-25-12-7-5-8-13-25)32-34-24(3)38-40(32)21-20-39(19-11-16-28(41)37-31)30(43)18-17-29(42)35-26-14-9-6-10-15-26/h5-10,12-15,23,27,31H,4,11,16-22H2,1-3H3,(H,35,42)(H,36,44)(H,37,41)/t23-,27-,31-/m0/s1. The summed E-state index contributed by atoms with van der Waals surface area (Å²) in [6.45, 7) is 6.73. The molecule has 0 unspecified atom stereocenters. The maximum atomic E-state index is 13.7. The highest BCUT2D eigenvalue weighted by Gasteiger charge is 2.31. The van der Waals surface area contributed by atoms with Crippen molar-refractivity contribution in [1.82, 2.24) is 30.3 Å². The lowest BCUT2D eigenvalue weighted by atomic mass is 9.97. The van der Waals surface area contributed by atoms with Crippen LogP contribution in [0.4, 0.5) is 5.69 Å². The van der Waals surface area contributed by atoms with E-state index in [1.54, 1.807) is 28.6 Å². The fourth-order valence-corrected chi connectivity index (χ4v) is 5.29. The first kappa shape index (κ1) is 32.4. The number of carbonyl (C=O) groups is 4. The Morgan fingerprint density at radius 2 is 1.68 bits per heavy atom. The third-order valence-corrected chi connectivity index (χ3v) is 7.92. The van der Waals surface area contributed by atoms with Crippen molar-refractivity contribution in [3.05, 3.63) is 77.9 Å². The fraction of sp³-hybridized carbons (Fsp3) is 0.455. The second-order valence-corrected chi connectivity index (χ2v) is 11.3. The lowest BCUT2D eigenvalue weighted by Crippen LogP contribution is -2.51. The van der Waals surface area contributed by atoms with E-state index in [1.807, 2.05) is 62.4 Å². The number of carbonyl (C=O) groups excluding carboxylic acids is 4. The predicted molar refractivity (Wildman–Crippen MR) is 167 cm³/mol. The zero-order valence-corrected chi connectivity index (χ0v) is 25.8. The normalized spacial score (nSPS) is 18.8. The summed E-state index contributed by atoms with van der Waals surface area (Å²) in [7, 11) is 0. The third-order valence-electron chi connectivity index (χ3n) is 7.92. The van der Waals surface area contributed by atoms with Gasteiger partial charge in [-0.05, 0) is 43.4 Å². The van der Waals surface area contributed by atoms with Gasteiger partial charge in [0.2, 0.25) is 23.6 Å². The Bertz CT molecular complexity index is 1410. The maximum Gasteiger partial charge on any atom is 0.243 e. The van der Waals surface area contributed by atoms with E-state index < -0.39 is 12.1 Å². The molecule has 0 fully saturated rings. The minimum Gasteiger partial charge on any atom is -0.344 e. The number of nitrogens with zero attached hydrogens (tertiary/aromatic N) is 4. The number of fused-ring (bicyclic) bond motifs is 1. The Hall–Kier alpha value is -4.54. The van der Waals surface area contributed by atoms with Crippen LogP contribution in [-0.2, 0) is 32.1 Å². The number of anilines is 1. The Balaban J connectivity index is 1.56. The zero-order chi connectivity index (χ0) is 31.5. The quantitative estimate of drug-likeness (QED) is 0.361. The van der Waals surface area contributed by atoms with Crippen molar-refractivity contribution in [3.8, 4) is 0 Å². The van der Waals surface area contributed by atoms with Gasteiger partial charge in [-0.1, -0.05) is 68.8 Å². The largest absolute Gasteiger partial charge is 0.344 e. The summed E-state index contributed by atoms with van der Waals surface area (Å²) in [5.74, 6) is 0.129. The molecule has 234 valence electrons. The molecule has 0 spiro atoms. The minimum atomic E-state index is -0.716. The van der Waals surface area contributed by atoms with Crippen molar-refractivity contribution >= 4 is 29.3 Å². The van der Waals surface area contributed by atoms with Crippen LogP contribution in [0.3, 0.4) is 0 Å². The SMILES string of the molecule is CC[C@H](C)[C@@H]1NC(=O)CCCN(C(=O)CCC(=O)Nc2ccccc2)CCn2nc(C)nc2[C@H](Cc2ccccc2)NC1=O. The number of nitrogens with one attached hydrogen (secondary N) is 3. The number of aromatic nitrogens is 3. The molecule has 3 atom stereocenters. The van der Waals surface area contributed by atoms with Crippen LogP contribution in [0.1, 0.15) is 69.2 Å². The van der Waals surface area contributed by atoms with Gasteiger partial charge in [0.15, 0.2) is 0 Å². The summed E-state index contributed by atoms with van der Waals surface area (Å²) >= 11 is 0. The Morgan fingerprint density at radius 3 is 2.39 bits per heavy atom. The summed E-state index contributed by atoms with van der Waals surface area (Å²) in [6.07, 6.45) is 1.85. The molecular formula is C33H43N7O4. The molecule has 44 heavy (non-hydrogen) atoms. The summed E-state index contributed by atoms with van der Waals surface area (Å²) in [6, 6.07) is 17.7. The summed E-state index contributed by atoms with van der Waals surface area (Å²) in [5, 5.41) is 13.5. The highest BCUT2D eigenvalue weighted by Crippen LogP contribution is 2.20. The number of para-hydroxylation sites is 1. The molecule has 1 aromatic heterocycles. The van der Waals surface area contributed by atoms with Crippen LogP contribution < -0.4 is 16.0 Å². The Morgan fingerprint density at radius 1 is 0.977 bits per heavy atom. The summed E-state index contributed by atoms with van der Waals surface area (Å²) < 4.78 is 1.76. The molecule has 1 aliphatic heterocycles. The van der Waals surface area contributed by atoms with Crippen LogP contribution in [0.2, 0.25) is 0 Å². The minimum absolute atomic E-state index is 0.0386. The van der Waals surface area contributed by atoms with Crippen molar-refractivity contribution in [2.24, 2.45) is 5.92 Å². The molecule has 2 aromatic carbocycles. The molecular weight excluding hydrogens is 558 g/mol. The maximum absolute atomic E-state index is 13.7. The Kier molecular flexibility index (Phi) is 11.6. The van der Waals surface area contributed by atoms with E-state index >= 15 is 0 Å². The monoisotopic (exact) mass is 601 g/mol. The zero-order valence-electron chi connectivity index (χ0n) is 25.8. The summed E-state index contributed by atoms with van der Waals surface area (Å²) in [4.78, 5) is 58.9. The van der Waals surface area contributed by atoms with Crippen molar-refractivity contribution in [2.45, 2.75) is 77.9 Å². The molecule has 0 aliphatic carbocycles. The number of amides is 4. The van der Waals surface area contributed by atoms with Gasteiger partial charge in [-0.3, -0.25) is 19.2 Å². The van der Waals surface area contributed by atoms with Gasteiger partial charge in [0.05, 0.1) is 12.6 Å². The first-order chi connectivity index (χ1) is 21.2. The van der Waals surface area contributed by atoms with E-state index in [0.29, 0.717) is 56.2 Å². The average molecular weight is 602 g/mol. The van der Waals surface area contributed by atoms with E-state index in [2.05, 4.69) is 21.0 Å². The molecule has 11 heteroatoms. The van der Waals surface area contributed by atoms with Crippen molar-refractivity contribution in [3.63, 3.8) is 0 Å². The second kappa shape index (κ2) is 15.8. The van der Waals surface area contributed by atoms with Gasteiger partial charge in [-0.25, -0.2) is 9.67 Å². The molecule has 0 bridgehead atoms. The molecule has 2 heterocycles. The molecule has 4 rings (SSSR count). The third kappa shape index (κ3) is 9.23. The van der Waals surface area contributed by atoms with E-state index in [9.17, 15) is 19.2 Å². The molecule has 3 aromatic rings. The molecule has 0 radical (unpaired) electrons. The topological polar surface area (TPSA) is 138 Å². The first-order valence-electron chi connectivity index (χ1n) is 15.4. The van der Waals surface area contributed by atoms with Gasteiger partial charge in [0, 0.05) is 38.0 Å². The second-order valence-electron chi connectivity index (χ2n) is 11.3.